The van der Waals surface area contributed by atoms with Crippen molar-refractivity contribution in [2.24, 2.45) is 5.92 Å². The lowest BCUT2D eigenvalue weighted by molar-refractivity contribution is -0.384. The highest BCUT2D eigenvalue weighted by atomic mass is 32.2. The number of thioether (sulfide) groups is 1. The first kappa shape index (κ1) is 23.2. The summed E-state index contributed by atoms with van der Waals surface area (Å²) in [6.45, 7) is 12.2. The predicted molar refractivity (Wildman–Crippen MR) is 120 cm³/mol. The van der Waals surface area contributed by atoms with Gasteiger partial charge in [0.1, 0.15) is 0 Å². The quantitative estimate of drug-likeness (QED) is 0.312. The van der Waals surface area contributed by atoms with Gasteiger partial charge in [0.25, 0.3) is 11.6 Å². The second kappa shape index (κ2) is 11.8. The first-order chi connectivity index (χ1) is 14.0. The van der Waals surface area contributed by atoms with Crippen LogP contribution in [0.1, 0.15) is 36.5 Å². The summed E-state index contributed by atoms with van der Waals surface area (Å²) in [5, 5.41) is 14.4. The Kier molecular flexibility index (Phi) is 9.41. The van der Waals surface area contributed by atoms with Gasteiger partial charge in [0.2, 0.25) is 0 Å². The van der Waals surface area contributed by atoms with Crippen LogP contribution in [0.25, 0.3) is 0 Å². The number of nitro benzene ring substituents is 1. The molecule has 2 rings (SSSR count). The topological polar surface area (TPSA) is 75.5 Å². The molecule has 1 fully saturated rings. The number of hydrogen-bond donors (Lipinski definition) is 1. The van der Waals surface area contributed by atoms with Crippen molar-refractivity contribution < 1.29 is 9.72 Å². The maximum atomic E-state index is 12.4. The molecule has 0 spiro atoms. The van der Waals surface area contributed by atoms with E-state index >= 15 is 0 Å². The van der Waals surface area contributed by atoms with Crippen LogP contribution in [0, 0.1) is 16.0 Å². The molecule has 0 radical (unpaired) electrons. The number of hydrogen-bond acceptors (Lipinski definition) is 5. The van der Waals surface area contributed by atoms with Gasteiger partial charge in [0.05, 0.1) is 4.92 Å². The molecule has 0 heterocycles. The molecular weight excluding hydrogens is 386 g/mol. The highest BCUT2D eigenvalue weighted by molar-refractivity contribution is 7.99. The third-order valence-corrected chi connectivity index (χ3v) is 6.54. The number of nitrogens with zero attached hydrogens (tertiary/aromatic N) is 2. The van der Waals surface area contributed by atoms with Crippen molar-refractivity contribution in [1.29, 1.82) is 0 Å². The zero-order valence-electron chi connectivity index (χ0n) is 17.1. The molecule has 1 aromatic rings. The standard InChI is InChI=1S/C22H31N3O3S/c1-4-13-24(14-5-2)21-16-20(29-6-3)15-18(21)11-12-23-22(26)17-7-9-19(10-8-17)25(27)28/h4-5,7-10,18,20-21H,1-2,6,11-16H2,3H3,(H,23,26). The Bertz CT molecular complexity index is 698. The van der Waals surface area contributed by atoms with E-state index in [9.17, 15) is 14.9 Å². The summed E-state index contributed by atoms with van der Waals surface area (Å²) in [5.74, 6) is 1.43. The van der Waals surface area contributed by atoms with E-state index in [2.05, 4.69) is 30.3 Å². The van der Waals surface area contributed by atoms with Crippen molar-refractivity contribution >= 4 is 23.4 Å². The van der Waals surface area contributed by atoms with Crippen LogP contribution in [0.4, 0.5) is 5.69 Å². The van der Waals surface area contributed by atoms with Crippen LogP contribution in [-0.4, -0.2) is 52.4 Å². The summed E-state index contributed by atoms with van der Waals surface area (Å²) in [6.07, 6.45) is 7.10. The number of benzene rings is 1. The van der Waals surface area contributed by atoms with E-state index in [1.165, 1.54) is 24.3 Å². The molecule has 3 unspecified atom stereocenters. The molecule has 0 bridgehead atoms. The molecule has 29 heavy (non-hydrogen) atoms. The van der Waals surface area contributed by atoms with Crippen LogP contribution in [0.15, 0.2) is 49.6 Å². The van der Waals surface area contributed by atoms with E-state index in [0.717, 1.165) is 38.1 Å². The number of nitrogens with one attached hydrogen (secondary N) is 1. The molecule has 1 aromatic carbocycles. The van der Waals surface area contributed by atoms with E-state index in [1.54, 1.807) is 0 Å². The third-order valence-electron chi connectivity index (χ3n) is 5.35. The molecule has 158 valence electrons. The molecule has 6 nitrogen and oxygen atoms in total. The monoisotopic (exact) mass is 417 g/mol. The minimum atomic E-state index is -0.467. The molecule has 1 aliphatic carbocycles. The zero-order chi connectivity index (χ0) is 21.2. The highest BCUT2D eigenvalue weighted by Crippen LogP contribution is 2.38. The molecule has 1 N–H and O–H groups in total. The lowest BCUT2D eigenvalue weighted by atomic mass is 9.97. The van der Waals surface area contributed by atoms with Gasteiger partial charge in [0, 0.05) is 48.6 Å². The van der Waals surface area contributed by atoms with Crippen LogP contribution in [-0.2, 0) is 0 Å². The van der Waals surface area contributed by atoms with Crippen LogP contribution >= 0.6 is 11.8 Å². The average molecular weight is 418 g/mol. The number of rotatable bonds is 12. The highest BCUT2D eigenvalue weighted by Gasteiger charge is 2.36. The SMILES string of the molecule is C=CCN(CC=C)C1CC(SCC)CC1CCNC(=O)c1ccc([N+](=O)[O-])cc1. The minimum Gasteiger partial charge on any atom is -0.352 e. The Morgan fingerprint density at radius 3 is 2.48 bits per heavy atom. The fraction of sp³-hybridized carbons (Fsp3) is 0.500. The third kappa shape index (κ3) is 6.72. The van der Waals surface area contributed by atoms with E-state index in [1.807, 2.05) is 23.9 Å². The van der Waals surface area contributed by atoms with Gasteiger partial charge in [-0.15, -0.1) is 13.2 Å². The normalized spacial score (nSPS) is 21.1. The average Bonchev–Trinajstić information content (AvgIpc) is 3.10. The summed E-state index contributed by atoms with van der Waals surface area (Å²) in [7, 11) is 0. The predicted octanol–water partition coefficient (Wildman–Crippen LogP) is 4.29. The van der Waals surface area contributed by atoms with Crippen LogP contribution in [0.2, 0.25) is 0 Å². The van der Waals surface area contributed by atoms with Gasteiger partial charge in [-0.1, -0.05) is 19.1 Å². The Labute approximate surface area is 177 Å². The first-order valence-corrected chi connectivity index (χ1v) is 11.1. The molecule has 1 aliphatic rings. The van der Waals surface area contributed by atoms with Crippen LogP contribution in [0.3, 0.4) is 0 Å². The van der Waals surface area contributed by atoms with E-state index < -0.39 is 4.92 Å². The van der Waals surface area contributed by atoms with Crippen LogP contribution in [0.5, 0.6) is 0 Å². The van der Waals surface area contributed by atoms with Crippen molar-refractivity contribution in [1.82, 2.24) is 10.2 Å². The Balaban J connectivity index is 1.94. The van der Waals surface area contributed by atoms with Crippen LogP contribution < -0.4 is 5.32 Å². The van der Waals surface area contributed by atoms with E-state index in [-0.39, 0.29) is 11.6 Å². The second-order valence-electron chi connectivity index (χ2n) is 7.26. The van der Waals surface area contributed by atoms with Crippen molar-refractivity contribution in [2.45, 2.75) is 37.5 Å². The summed E-state index contributed by atoms with van der Waals surface area (Å²) < 4.78 is 0. The van der Waals surface area contributed by atoms with Gasteiger partial charge in [-0.05, 0) is 43.1 Å². The number of non-ortho nitro benzene ring substituents is 1. The van der Waals surface area contributed by atoms with Gasteiger partial charge >= 0.3 is 0 Å². The van der Waals surface area contributed by atoms with Gasteiger partial charge in [-0.25, -0.2) is 0 Å². The summed E-state index contributed by atoms with van der Waals surface area (Å²) in [6, 6.07) is 6.17. The lowest BCUT2D eigenvalue weighted by Crippen LogP contribution is -2.39. The largest absolute Gasteiger partial charge is 0.352 e. The van der Waals surface area contributed by atoms with Crippen molar-refractivity contribution in [3.63, 3.8) is 0 Å². The molecular formula is C22H31N3O3S. The summed E-state index contributed by atoms with van der Waals surface area (Å²) in [4.78, 5) is 25.1. The molecule has 1 saturated carbocycles. The molecule has 0 saturated heterocycles. The van der Waals surface area contributed by atoms with Crippen molar-refractivity contribution in [3.8, 4) is 0 Å². The van der Waals surface area contributed by atoms with Gasteiger partial charge in [0.15, 0.2) is 0 Å². The molecule has 7 heteroatoms. The van der Waals surface area contributed by atoms with E-state index in [4.69, 9.17) is 0 Å². The molecule has 0 aliphatic heterocycles. The zero-order valence-corrected chi connectivity index (χ0v) is 17.9. The fourth-order valence-electron chi connectivity index (χ4n) is 4.07. The molecule has 0 aromatic heterocycles. The molecule has 3 atom stereocenters. The van der Waals surface area contributed by atoms with Crippen molar-refractivity contribution in [3.05, 3.63) is 65.3 Å². The Hall–Kier alpha value is -2.12. The summed E-state index contributed by atoms with van der Waals surface area (Å²) >= 11 is 2.02. The Morgan fingerprint density at radius 2 is 1.93 bits per heavy atom. The lowest BCUT2D eigenvalue weighted by Gasteiger charge is -2.31. The van der Waals surface area contributed by atoms with Gasteiger partial charge in [-0.3, -0.25) is 19.8 Å². The maximum absolute atomic E-state index is 12.4. The van der Waals surface area contributed by atoms with Crippen molar-refractivity contribution in [2.75, 3.05) is 25.4 Å². The first-order valence-electron chi connectivity index (χ1n) is 10.1. The van der Waals surface area contributed by atoms with Gasteiger partial charge < -0.3 is 5.32 Å². The summed E-state index contributed by atoms with van der Waals surface area (Å²) in [5.41, 5.74) is 0.428. The Morgan fingerprint density at radius 1 is 1.28 bits per heavy atom. The second-order valence-corrected chi connectivity index (χ2v) is 8.83. The number of amides is 1. The maximum Gasteiger partial charge on any atom is 0.269 e. The fourth-order valence-corrected chi connectivity index (χ4v) is 5.25. The molecule has 1 amide bonds. The van der Waals surface area contributed by atoms with E-state index in [0.29, 0.717) is 29.3 Å². The number of nitro groups is 1. The van der Waals surface area contributed by atoms with Gasteiger partial charge in [-0.2, -0.15) is 11.8 Å². The minimum absolute atomic E-state index is 0.0145. The smallest absolute Gasteiger partial charge is 0.269 e. The number of carbonyl (C=O) groups excluding carboxylic acids is 1. The number of carbonyl (C=O) groups is 1.